The minimum absolute atomic E-state index is 0.571. The molecule has 0 aliphatic heterocycles. The fraction of sp³-hybridized carbons (Fsp3) is 0.235. The number of methoxy groups -OCH3 is 2. The van der Waals surface area contributed by atoms with E-state index in [1.54, 1.807) is 26.4 Å². The number of anilines is 1. The molecule has 1 N–H and O–H groups in total. The first-order valence-electron chi connectivity index (χ1n) is 6.66. The van der Waals surface area contributed by atoms with E-state index in [9.17, 15) is 0 Å². The van der Waals surface area contributed by atoms with Crippen molar-refractivity contribution in [1.82, 2.24) is 0 Å². The Labute approximate surface area is 124 Å². The Morgan fingerprint density at radius 1 is 1.10 bits per heavy atom. The van der Waals surface area contributed by atoms with Gasteiger partial charge in [-0.15, -0.1) is 0 Å². The predicted octanol–water partition coefficient (Wildman–Crippen LogP) is 3.33. The lowest BCUT2D eigenvalue weighted by Gasteiger charge is -2.13. The van der Waals surface area contributed by atoms with Crippen molar-refractivity contribution in [3.05, 3.63) is 59.2 Å². The number of nitrogens with one attached hydrogen (secondary N) is 1. The molecule has 4 heteroatoms. The number of hydrogen-bond donors (Lipinski definition) is 1. The van der Waals surface area contributed by atoms with Gasteiger partial charge in [0.1, 0.15) is 11.8 Å². The lowest BCUT2D eigenvalue weighted by atomic mass is 10.1. The Morgan fingerprint density at radius 3 is 2.52 bits per heavy atom. The predicted molar refractivity (Wildman–Crippen MR) is 82.2 cm³/mol. The number of hydrogen-bond acceptors (Lipinski definition) is 4. The van der Waals surface area contributed by atoms with E-state index in [0.717, 1.165) is 22.6 Å². The zero-order chi connectivity index (χ0) is 15.1. The van der Waals surface area contributed by atoms with Crippen LogP contribution in [0.5, 0.6) is 5.75 Å². The molecule has 108 valence electrons. The van der Waals surface area contributed by atoms with Gasteiger partial charge in [-0.3, -0.25) is 0 Å². The van der Waals surface area contributed by atoms with E-state index in [1.165, 1.54) is 0 Å². The van der Waals surface area contributed by atoms with Crippen molar-refractivity contribution in [3.63, 3.8) is 0 Å². The highest BCUT2D eigenvalue weighted by molar-refractivity contribution is 5.60. The minimum atomic E-state index is 0.571. The summed E-state index contributed by atoms with van der Waals surface area (Å²) in [6.45, 7) is 1.20. The van der Waals surface area contributed by atoms with Gasteiger partial charge in [-0.25, -0.2) is 0 Å². The summed E-state index contributed by atoms with van der Waals surface area (Å²) in [7, 11) is 3.29. The summed E-state index contributed by atoms with van der Waals surface area (Å²) >= 11 is 0. The van der Waals surface area contributed by atoms with E-state index in [4.69, 9.17) is 14.7 Å². The van der Waals surface area contributed by atoms with Gasteiger partial charge in [0.25, 0.3) is 0 Å². The van der Waals surface area contributed by atoms with Crippen LogP contribution in [0.4, 0.5) is 5.69 Å². The normalized spacial score (nSPS) is 9.95. The quantitative estimate of drug-likeness (QED) is 0.883. The van der Waals surface area contributed by atoms with E-state index in [2.05, 4.69) is 11.4 Å². The van der Waals surface area contributed by atoms with Crippen LogP contribution >= 0.6 is 0 Å². The lowest BCUT2D eigenvalue weighted by Crippen LogP contribution is -2.05. The summed E-state index contributed by atoms with van der Waals surface area (Å²) in [5, 5.41) is 12.5. The lowest BCUT2D eigenvalue weighted by molar-refractivity contribution is 0.184. The Morgan fingerprint density at radius 2 is 1.86 bits per heavy atom. The molecule has 4 nitrogen and oxygen atoms in total. The highest BCUT2D eigenvalue weighted by Gasteiger charge is 2.06. The van der Waals surface area contributed by atoms with Gasteiger partial charge in [0.2, 0.25) is 0 Å². The Bertz CT molecular complexity index is 647. The zero-order valence-electron chi connectivity index (χ0n) is 12.2. The first-order valence-corrected chi connectivity index (χ1v) is 6.66. The SMILES string of the molecule is COCc1ccccc1CNc1cc(OC)ccc1C#N. The number of benzene rings is 2. The fourth-order valence-corrected chi connectivity index (χ4v) is 2.11. The summed E-state index contributed by atoms with van der Waals surface area (Å²) in [5.74, 6) is 0.724. The third-order valence-electron chi connectivity index (χ3n) is 3.23. The van der Waals surface area contributed by atoms with Crippen molar-refractivity contribution in [3.8, 4) is 11.8 Å². The van der Waals surface area contributed by atoms with Gasteiger partial charge in [-0.05, 0) is 23.3 Å². The second-order valence-electron chi connectivity index (χ2n) is 4.58. The first kappa shape index (κ1) is 14.9. The molecule has 0 aromatic heterocycles. The Kier molecular flexibility index (Phi) is 5.19. The minimum Gasteiger partial charge on any atom is -0.497 e. The number of ether oxygens (including phenoxy) is 2. The van der Waals surface area contributed by atoms with Crippen molar-refractivity contribution in [2.45, 2.75) is 13.2 Å². The molecule has 0 amide bonds. The van der Waals surface area contributed by atoms with Crippen molar-refractivity contribution in [1.29, 1.82) is 5.26 Å². The third-order valence-corrected chi connectivity index (χ3v) is 3.23. The Hall–Kier alpha value is -2.51. The van der Waals surface area contributed by atoms with Crippen LogP contribution in [0.25, 0.3) is 0 Å². The van der Waals surface area contributed by atoms with Gasteiger partial charge < -0.3 is 14.8 Å². The third kappa shape index (κ3) is 3.74. The monoisotopic (exact) mass is 282 g/mol. The maximum Gasteiger partial charge on any atom is 0.121 e. The molecule has 0 fully saturated rings. The summed E-state index contributed by atoms with van der Waals surface area (Å²) in [6, 6.07) is 15.6. The van der Waals surface area contributed by atoms with Gasteiger partial charge in [-0.2, -0.15) is 5.26 Å². The molecule has 2 aromatic rings. The number of rotatable bonds is 6. The van der Waals surface area contributed by atoms with Gasteiger partial charge in [0, 0.05) is 19.7 Å². The summed E-state index contributed by atoms with van der Waals surface area (Å²) in [5.41, 5.74) is 3.64. The fourth-order valence-electron chi connectivity index (χ4n) is 2.11. The molecule has 0 atom stereocenters. The number of nitrogens with zero attached hydrogens (tertiary/aromatic N) is 1. The molecule has 0 saturated heterocycles. The second kappa shape index (κ2) is 7.32. The smallest absolute Gasteiger partial charge is 0.121 e. The molecular formula is C17H18N2O2. The van der Waals surface area contributed by atoms with Crippen LogP contribution in [-0.4, -0.2) is 14.2 Å². The average molecular weight is 282 g/mol. The Balaban J connectivity index is 2.18. The molecule has 2 aromatic carbocycles. The summed E-state index contributed by atoms with van der Waals surface area (Å²) in [4.78, 5) is 0. The summed E-state index contributed by atoms with van der Waals surface area (Å²) in [6.07, 6.45) is 0. The topological polar surface area (TPSA) is 54.3 Å². The van der Waals surface area contributed by atoms with Gasteiger partial charge >= 0.3 is 0 Å². The van der Waals surface area contributed by atoms with Gasteiger partial charge in [0.15, 0.2) is 0 Å². The van der Waals surface area contributed by atoms with Crippen LogP contribution in [0.15, 0.2) is 42.5 Å². The van der Waals surface area contributed by atoms with Gasteiger partial charge in [0.05, 0.1) is 25.0 Å². The summed E-state index contributed by atoms with van der Waals surface area (Å²) < 4.78 is 10.4. The molecule has 0 spiro atoms. The van der Waals surface area contributed by atoms with E-state index < -0.39 is 0 Å². The molecule has 2 rings (SSSR count). The molecule has 21 heavy (non-hydrogen) atoms. The van der Waals surface area contributed by atoms with Crippen LogP contribution in [0.3, 0.4) is 0 Å². The number of nitriles is 1. The highest BCUT2D eigenvalue weighted by atomic mass is 16.5. The highest BCUT2D eigenvalue weighted by Crippen LogP contribution is 2.23. The van der Waals surface area contributed by atoms with E-state index >= 15 is 0 Å². The largest absolute Gasteiger partial charge is 0.497 e. The van der Waals surface area contributed by atoms with E-state index in [1.807, 2.05) is 30.3 Å². The van der Waals surface area contributed by atoms with Crippen LogP contribution in [0, 0.1) is 11.3 Å². The molecule has 0 heterocycles. The molecule has 0 unspecified atom stereocenters. The standard InChI is InChI=1S/C17H18N2O2/c1-20-12-15-6-4-3-5-14(15)11-19-17-9-16(21-2)8-7-13(17)10-18/h3-9,19H,11-12H2,1-2H3. The van der Waals surface area contributed by atoms with Crippen molar-refractivity contribution in [2.24, 2.45) is 0 Å². The van der Waals surface area contributed by atoms with Crippen molar-refractivity contribution < 1.29 is 9.47 Å². The van der Waals surface area contributed by atoms with Crippen LogP contribution in [-0.2, 0) is 17.9 Å². The molecule has 0 aliphatic rings. The maximum absolute atomic E-state index is 9.17. The average Bonchev–Trinajstić information content (AvgIpc) is 2.54. The molecule has 0 bridgehead atoms. The van der Waals surface area contributed by atoms with Crippen molar-refractivity contribution >= 4 is 5.69 Å². The van der Waals surface area contributed by atoms with Crippen LogP contribution < -0.4 is 10.1 Å². The maximum atomic E-state index is 9.17. The van der Waals surface area contributed by atoms with E-state index in [-0.39, 0.29) is 0 Å². The first-order chi connectivity index (χ1) is 10.3. The van der Waals surface area contributed by atoms with Crippen molar-refractivity contribution in [2.75, 3.05) is 19.5 Å². The van der Waals surface area contributed by atoms with Gasteiger partial charge in [-0.1, -0.05) is 24.3 Å². The second-order valence-corrected chi connectivity index (χ2v) is 4.58. The van der Waals surface area contributed by atoms with Crippen LogP contribution in [0.2, 0.25) is 0 Å². The zero-order valence-corrected chi connectivity index (χ0v) is 12.2. The molecule has 0 saturated carbocycles. The molecule has 0 aliphatic carbocycles. The molecular weight excluding hydrogens is 264 g/mol. The van der Waals surface area contributed by atoms with Crippen LogP contribution in [0.1, 0.15) is 16.7 Å². The molecule has 0 radical (unpaired) electrons. The van der Waals surface area contributed by atoms with E-state index in [0.29, 0.717) is 18.7 Å².